The summed E-state index contributed by atoms with van der Waals surface area (Å²) in [6.45, 7) is 5.66. The molecule has 0 unspecified atom stereocenters. The fourth-order valence-corrected chi connectivity index (χ4v) is 4.07. The highest BCUT2D eigenvalue weighted by Gasteiger charge is 2.58. The van der Waals surface area contributed by atoms with Crippen molar-refractivity contribution in [2.75, 3.05) is 0 Å². The molecule has 4 nitrogen and oxygen atoms in total. The van der Waals surface area contributed by atoms with Crippen LogP contribution in [0.25, 0.3) is 0 Å². The third-order valence-electron chi connectivity index (χ3n) is 6.22. The van der Waals surface area contributed by atoms with Crippen molar-refractivity contribution < 1.29 is 14.7 Å². The van der Waals surface area contributed by atoms with E-state index in [4.69, 9.17) is 0 Å². The van der Waals surface area contributed by atoms with Crippen LogP contribution >= 0.6 is 0 Å². The minimum atomic E-state index is -0.807. The van der Waals surface area contributed by atoms with Gasteiger partial charge in [-0.1, -0.05) is 39.5 Å². The summed E-state index contributed by atoms with van der Waals surface area (Å²) in [7, 11) is 0. The maximum atomic E-state index is 12.6. The first-order chi connectivity index (χ1) is 9.79. The summed E-state index contributed by atoms with van der Waals surface area (Å²) in [6, 6.07) is 0.285. The van der Waals surface area contributed by atoms with E-state index in [0.717, 1.165) is 12.8 Å². The molecule has 1 amide bonds. The van der Waals surface area contributed by atoms with Crippen molar-refractivity contribution in [2.45, 2.75) is 78.2 Å². The van der Waals surface area contributed by atoms with Gasteiger partial charge in [-0.25, -0.2) is 0 Å². The molecule has 0 radical (unpaired) electrons. The molecule has 0 bridgehead atoms. The zero-order valence-corrected chi connectivity index (χ0v) is 13.6. The van der Waals surface area contributed by atoms with Crippen LogP contribution in [0, 0.1) is 16.7 Å². The highest BCUT2D eigenvalue weighted by Crippen LogP contribution is 2.56. The maximum Gasteiger partial charge on any atom is 0.309 e. The van der Waals surface area contributed by atoms with Gasteiger partial charge in [-0.2, -0.15) is 0 Å². The molecule has 2 N–H and O–H groups in total. The van der Waals surface area contributed by atoms with Gasteiger partial charge in [0.05, 0.1) is 5.41 Å². The Labute approximate surface area is 127 Å². The largest absolute Gasteiger partial charge is 0.481 e. The topological polar surface area (TPSA) is 66.4 Å². The first-order valence-electron chi connectivity index (χ1n) is 8.33. The van der Waals surface area contributed by atoms with Crippen LogP contribution in [0.5, 0.6) is 0 Å². The SMILES string of the molecule is CC1(C)[C@@H](C(=O)NC2CCCCCC2)CC[C@@]1(C)C(=O)O. The summed E-state index contributed by atoms with van der Waals surface area (Å²) < 4.78 is 0. The first-order valence-corrected chi connectivity index (χ1v) is 8.33. The van der Waals surface area contributed by atoms with Crippen molar-refractivity contribution in [3.63, 3.8) is 0 Å². The average molecular weight is 295 g/mol. The number of amides is 1. The molecule has 120 valence electrons. The number of carboxylic acid groups (broad SMARTS) is 1. The molecule has 0 aliphatic heterocycles. The molecule has 2 aliphatic carbocycles. The quantitative estimate of drug-likeness (QED) is 0.785. The van der Waals surface area contributed by atoms with E-state index in [1.807, 2.05) is 13.8 Å². The minimum absolute atomic E-state index is 0.0666. The zero-order chi connectivity index (χ0) is 15.7. The van der Waals surface area contributed by atoms with Crippen LogP contribution in [-0.4, -0.2) is 23.0 Å². The van der Waals surface area contributed by atoms with E-state index in [-0.39, 0.29) is 17.9 Å². The highest BCUT2D eigenvalue weighted by molar-refractivity contribution is 5.84. The van der Waals surface area contributed by atoms with E-state index < -0.39 is 16.8 Å². The van der Waals surface area contributed by atoms with Gasteiger partial charge in [0.1, 0.15) is 0 Å². The smallest absolute Gasteiger partial charge is 0.309 e. The summed E-state index contributed by atoms with van der Waals surface area (Å²) in [5, 5.41) is 12.7. The van der Waals surface area contributed by atoms with E-state index in [1.165, 1.54) is 25.7 Å². The Morgan fingerprint density at radius 2 is 1.57 bits per heavy atom. The van der Waals surface area contributed by atoms with Gasteiger partial charge in [0.15, 0.2) is 0 Å². The summed E-state index contributed by atoms with van der Waals surface area (Å²) in [5.74, 6) is -0.906. The van der Waals surface area contributed by atoms with Gasteiger partial charge in [-0.05, 0) is 38.0 Å². The Morgan fingerprint density at radius 3 is 2.05 bits per heavy atom. The number of carbonyl (C=O) groups is 2. The van der Waals surface area contributed by atoms with E-state index in [9.17, 15) is 14.7 Å². The predicted molar refractivity (Wildman–Crippen MR) is 81.9 cm³/mol. The summed E-state index contributed by atoms with van der Waals surface area (Å²) in [4.78, 5) is 24.3. The second-order valence-corrected chi connectivity index (χ2v) is 7.65. The van der Waals surface area contributed by atoms with Gasteiger partial charge in [0, 0.05) is 12.0 Å². The zero-order valence-electron chi connectivity index (χ0n) is 13.6. The molecular formula is C17H29NO3. The molecule has 2 fully saturated rings. The highest BCUT2D eigenvalue weighted by atomic mass is 16.4. The second kappa shape index (κ2) is 5.98. The number of carbonyl (C=O) groups excluding carboxylic acids is 1. The molecule has 2 aliphatic rings. The number of rotatable bonds is 3. The van der Waals surface area contributed by atoms with Gasteiger partial charge in [0.2, 0.25) is 5.91 Å². The van der Waals surface area contributed by atoms with Gasteiger partial charge < -0.3 is 10.4 Å². The summed E-state index contributed by atoms with van der Waals surface area (Å²) in [6.07, 6.45) is 8.28. The number of carboxylic acids is 1. The fourth-order valence-electron chi connectivity index (χ4n) is 4.07. The molecule has 0 aromatic rings. The Bertz CT molecular complexity index is 410. The van der Waals surface area contributed by atoms with Crippen LogP contribution in [0.2, 0.25) is 0 Å². The molecule has 0 heterocycles. The number of aliphatic carboxylic acids is 1. The van der Waals surface area contributed by atoms with Crippen LogP contribution in [-0.2, 0) is 9.59 Å². The Hall–Kier alpha value is -1.06. The van der Waals surface area contributed by atoms with Crippen LogP contribution < -0.4 is 5.32 Å². The number of hydrogen-bond donors (Lipinski definition) is 2. The summed E-state index contributed by atoms with van der Waals surface area (Å²) >= 11 is 0. The average Bonchev–Trinajstić information content (AvgIpc) is 2.59. The van der Waals surface area contributed by atoms with Crippen molar-refractivity contribution in [1.29, 1.82) is 0 Å². The monoisotopic (exact) mass is 295 g/mol. The van der Waals surface area contributed by atoms with Gasteiger partial charge >= 0.3 is 5.97 Å². The lowest BCUT2D eigenvalue weighted by atomic mass is 9.65. The third-order valence-corrected chi connectivity index (χ3v) is 6.22. The van der Waals surface area contributed by atoms with Crippen LogP contribution in [0.1, 0.15) is 72.1 Å². The van der Waals surface area contributed by atoms with Crippen molar-refractivity contribution in [2.24, 2.45) is 16.7 Å². The molecule has 4 heteroatoms. The normalized spacial score (nSPS) is 33.4. The molecular weight excluding hydrogens is 266 g/mol. The van der Waals surface area contributed by atoms with Crippen LogP contribution in [0.4, 0.5) is 0 Å². The Kier molecular flexibility index (Phi) is 4.64. The molecule has 2 atom stereocenters. The first kappa shape index (κ1) is 16.3. The third kappa shape index (κ3) is 2.95. The van der Waals surface area contributed by atoms with E-state index in [1.54, 1.807) is 6.92 Å². The Morgan fingerprint density at radius 1 is 1.00 bits per heavy atom. The summed E-state index contributed by atoms with van der Waals surface area (Å²) in [5.41, 5.74) is -1.31. The van der Waals surface area contributed by atoms with Crippen molar-refractivity contribution in [3.8, 4) is 0 Å². The fraction of sp³-hybridized carbons (Fsp3) is 0.882. The van der Waals surface area contributed by atoms with E-state index >= 15 is 0 Å². The second-order valence-electron chi connectivity index (χ2n) is 7.65. The van der Waals surface area contributed by atoms with Gasteiger partial charge in [-0.15, -0.1) is 0 Å². The van der Waals surface area contributed by atoms with Crippen LogP contribution in [0.15, 0.2) is 0 Å². The Balaban J connectivity index is 2.04. The number of hydrogen-bond acceptors (Lipinski definition) is 2. The lowest BCUT2D eigenvalue weighted by Crippen LogP contribution is -2.47. The van der Waals surface area contributed by atoms with Crippen molar-refractivity contribution in [3.05, 3.63) is 0 Å². The standard InChI is InChI=1S/C17H29NO3/c1-16(2)13(10-11-17(16,3)15(20)21)14(19)18-12-8-6-4-5-7-9-12/h12-13H,4-11H2,1-3H3,(H,18,19)(H,20,21)/t13-,17+/m1/s1. The van der Waals surface area contributed by atoms with Gasteiger partial charge in [0.25, 0.3) is 0 Å². The molecule has 21 heavy (non-hydrogen) atoms. The van der Waals surface area contributed by atoms with E-state index in [2.05, 4.69) is 5.32 Å². The lowest BCUT2D eigenvalue weighted by Gasteiger charge is -2.38. The molecule has 0 spiro atoms. The van der Waals surface area contributed by atoms with Crippen molar-refractivity contribution in [1.82, 2.24) is 5.32 Å². The molecule has 0 aromatic heterocycles. The molecule has 2 saturated carbocycles. The van der Waals surface area contributed by atoms with Gasteiger partial charge in [-0.3, -0.25) is 9.59 Å². The molecule has 0 saturated heterocycles. The number of nitrogens with one attached hydrogen (secondary N) is 1. The maximum absolute atomic E-state index is 12.6. The van der Waals surface area contributed by atoms with Crippen LogP contribution in [0.3, 0.4) is 0 Å². The minimum Gasteiger partial charge on any atom is -0.481 e. The van der Waals surface area contributed by atoms with E-state index in [0.29, 0.717) is 12.8 Å². The lowest BCUT2D eigenvalue weighted by molar-refractivity contribution is -0.155. The molecule has 0 aromatic carbocycles. The van der Waals surface area contributed by atoms with Crippen molar-refractivity contribution >= 4 is 11.9 Å². The molecule has 2 rings (SSSR count). The predicted octanol–water partition coefficient (Wildman–Crippen LogP) is 3.35.